The van der Waals surface area contributed by atoms with Crippen LogP contribution in [0.3, 0.4) is 0 Å². The van der Waals surface area contributed by atoms with Crippen molar-refractivity contribution in [1.29, 1.82) is 0 Å². The standard InChI is InChI=1S/Co.H3N.5H2O/h;1H3;5*1H2/q+3;;;;;;. The molecule has 0 amide bonds. The van der Waals surface area contributed by atoms with Gasteiger partial charge in [0.1, 0.15) is 0 Å². The van der Waals surface area contributed by atoms with Crippen LogP contribution in [0, 0.1) is 0 Å². The first kappa shape index (κ1) is 4020. The van der Waals surface area contributed by atoms with Crippen LogP contribution in [0.4, 0.5) is 0 Å². The van der Waals surface area contributed by atoms with E-state index in [0.717, 1.165) is 0 Å². The molecule has 6 nitrogen and oxygen atoms in total. The summed E-state index contributed by atoms with van der Waals surface area (Å²) in [6.45, 7) is 0. The first-order chi connectivity index (χ1) is 0. The van der Waals surface area contributed by atoms with Gasteiger partial charge < -0.3 is 33.5 Å². The smallest absolute Gasteiger partial charge is 0.412 e. The Balaban J connectivity index is 0. The monoisotopic (exact) mass is 166 g/mol. The Morgan fingerprint density at radius 1 is 0.429 bits per heavy atom. The van der Waals surface area contributed by atoms with Gasteiger partial charge >= 0.3 is 16.8 Å². The molecule has 0 aromatic carbocycles. The first-order valence-corrected chi connectivity index (χ1v) is 0. The molecule has 0 rings (SSSR count). The van der Waals surface area contributed by atoms with Gasteiger partial charge in [-0.05, 0) is 0 Å². The van der Waals surface area contributed by atoms with E-state index in [-0.39, 0.29) is 50.3 Å². The molecule has 0 aliphatic carbocycles. The fourth-order valence-corrected chi connectivity index (χ4v) is 0. The maximum Gasteiger partial charge on any atom is 3.00 e. The molecule has 0 heterocycles. The van der Waals surface area contributed by atoms with Crippen molar-refractivity contribution in [3.8, 4) is 0 Å². The molecule has 0 saturated carbocycles. The summed E-state index contributed by atoms with van der Waals surface area (Å²) < 4.78 is 0. The summed E-state index contributed by atoms with van der Waals surface area (Å²) in [7, 11) is 0. The van der Waals surface area contributed by atoms with Crippen LogP contribution < -0.4 is 6.15 Å². The third-order valence-electron chi connectivity index (χ3n) is 0. The van der Waals surface area contributed by atoms with E-state index in [4.69, 9.17) is 0 Å². The van der Waals surface area contributed by atoms with Gasteiger partial charge in [-0.2, -0.15) is 0 Å². The van der Waals surface area contributed by atoms with Crippen molar-refractivity contribution < 1.29 is 44.2 Å². The van der Waals surface area contributed by atoms with E-state index in [2.05, 4.69) is 0 Å². The van der Waals surface area contributed by atoms with Gasteiger partial charge in [-0.25, -0.2) is 0 Å². The maximum absolute atomic E-state index is 0. The molecule has 0 fully saturated rings. The van der Waals surface area contributed by atoms with Gasteiger partial charge in [0.15, 0.2) is 0 Å². The van der Waals surface area contributed by atoms with Gasteiger partial charge in [0.05, 0.1) is 0 Å². The minimum atomic E-state index is 0. The predicted molar refractivity (Wildman–Crippen MR) is 23.1 cm³/mol. The summed E-state index contributed by atoms with van der Waals surface area (Å²) in [5.74, 6) is 0. The molecule has 0 aliphatic rings. The van der Waals surface area contributed by atoms with Crippen molar-refractivity contribution in [3.63, 3.8) is 0 Å². The van der Waals surface area contributed by atoms with Gasteiger partial charge in [0.25, 0.3) is 0 Å². The normalized spacial score (nSPS) is 0. The molecule has 0 aromatic rings. The van der Waals surface area contributed by atoms with Crippen molar-refractivity contribution in [1.82, 2.24) is 6.15 Å². The molecule has 0 atom stereocenters. The molecule has 7 heavy (non-hydrogen) atoms. The summed E-state index contributed by atoms with van der Waals surface area (Å²) in [6, 6.07) is 0. The summed E-state index contributed by atoms with van der Waals surface area (Å²) in [6.07, 6.45) is 0. The molecule has 0 bridgehead atoms. The quantitative estimate of drug-likeness (QED) is 0.377. The molecule has 0 unspecified atom stereocenters. The summed E-state index contributed by atoms with van der Waals surface area (Å²) in [4.78, 5) is 0. The van der Waals surface area contributed by atoms with E-state index in [1.807, 2.05) is 0 Å². The third-order valence-corrected chi connectivity index (χ3v) is 0. The van der Waals surface area contributed by atoms with E-state index in [0.29, 0.717) is 0 Å². The van der Waals surface area contributed by atoms with E-state index >= 15 is 0 Å². The first-order valence-electron chi connectivity index (χ1n) is 0. The molecule has 13 N–H and O–H groups in total. The van der Waals surface area contributed by atoms with E-state index in [1.165, 1.54) is 0 Å². The maximum atomic E-state index is 0. The Kier molecular flexibility index (Phi) is 1400000. The van der Waals surface area contributed by atoms with Crippen LogP contribution >= 0.6 is 0 Å². The van der Waals surface area contributed by atoms with Crippen LogP contribution in [0.15, 0.2) is 0 Å². The zero-order valence-corrected chi connectivity index (χ0v) is 4.58. The van der Waals surface area contributed by atoms with Crippen LogP contribution in [0.2, 0.25) is 0 Å². The number of rotatable bonds is 0. The average Bonchev–Trinajstić information content (AvgIpc) is 0. The van der Waals surface area contributed by atoms with Crippen LogP contribution in [-0.4, -0.2) is 27.4 Å². The molecule has 7 heteroatoms. The van der Waals surface area contributed by atoms with Gasteiger partial charge in [-0.3, -0.25) is 0 Å². The van der Waals surface area contributed by atoms with Gasteiger partial charge in [-0.1, -0.05) is 0 Å². The number of hydrogen-bond donors (Lipinski definition) is 1. The van der Waals surface area contributed by atoms with Crippen molar-refractivity contribution in [2.45, 2.75) is 0 Å². The minimum absolute atomic E-state index is 0. The second-order valence-electron chi connectivity index (χ2n) is 0. The predicted octanol–water partition coefficient (Wildman–Crippen LogP) is -3.96. The topological polar surface area (TPSA) is 192 Å². The second-order valence-corrected chi connectivity index (χ2v) is 0. The summed E-state index contributed by atoms with van der Waals surface area (Å²) >= 11 is 0. The molecule has 54 valence electrons. The Morgan fingerprint density at radius 3 is 0.429 bits per heavy atom. The van der Waals surface area contributed by atoms with Gasteiger partial charge in [0, 0.05) is 0 Å². The Labute approximate surface area is 51.2 Å². The van der Waals surface area contributed by atoms with E-state index in [9.17, 15) is 0 Å². The molecule has 0 saturated heterocycles. The van der Waals surface area contributed by atoms with Crippen molar-refractivity contribution >= 4 is 0 Å². The van der Waals surface area contributed by atoms with Crippen LogP contribution in [0.25, 0.3) is 0 Å². The van der Waals surface area contributed by atoms with Crippen molar-refractivity contribution in [3.05, 3.63) is 0 Å². The van der Waals surface area contributed by atoms with Crippen molar-refractivity contribution in [2.75, 3.05) is 0 Å². The Hall–Kier alpha value is 0.266. The van der Waals surface area contributed by atoms with Gasteiger partial charge in [0.2, 0.25) is 0 Å². The van der Waals surface area contributed by atoms with Crippen LogP contribution in [-0.2, 0) is 16.8 Å². The third kappa shape index (κ3) is 1610. The van der Waals surface area contributed by atoms with E-state index < -0.39 is 0 Å². The fourth-order valence-electron chi connectivity index (χ4n) is 0. The fraction of sp³-hybridized carbons (Fsp3) is 0. The summed E-state index contributed by atoms with van der Waals surface area (Å²) in [5.41, 5.74) is 0. The van der Waals surface area contributed by atoms with Crippen LogP contribution in [0.5, 0.6) is 0 Å². The molecule has 0 aromatic heterocycles. The second kappa shape index (κ2) is 2450. The van der Waals surface area contributed by atoms with Gasteiger partial charge in [-0.15, -0.1) is 0 Å². The van der Waals surface area contributed by atoms with Crippen molar-refractivity contribution in [2.24, 2.45) is 0 Å². The van der Waals surface area contributed by atoms with E-state index in [1.54, 1.807) is 0 Å². The zero-order chi connectivity index (χ0) is 0. The van der Waals surface area contributed by atoms with Crippen LogP contribution in [0.1, 0.15) is 0 Å². The largest absolute Gasteiger partial charge is 3.00 e. The number of hydrogen-bond acceptors (Lipinski definition) is 1. The zero-order valence-electron chi connectivity index (χ0n) is 3.54. The Bertz CT molecular complexity index is 8.04. The molecule has 0 spiro atoms. The molecule has 0 aliphatic heterocycles. The SMILES string of the molecule is N.O.O.O.O.O.[Co+3]. The molecule has 0 radical (unpaired) electrons. The Morgan fingerprint density at radius 2 is 0.429 bits per heavy atom. The molecular formula is H13CoNO5+3. The minimum Gasteiger partial charge on any atom is -0.412 e. The average molecular weight is 166 g/mol. The summed E-state index contributed by atoms with van der Waals surface area (Å²) in [5, 5.41) is 0. The molecular weight excluding hydrogens is 153 g/mol.